The van der Waals surface area contributed by atoms with Crippen molar-refractivity contribution >= 4 is 5.91 Å². The average molecular weight is 240 g/mol. The lowest BCUT2D eigenvalue weighted by Crippen LogP contribution is -2.44. The molecule has 0 aromatic rings. The Balaban J connectivity index is 2.46. The van der Waals surface area contributed by atoms with Crippen LogP contribution in [0.4, 0.5) is 0 Å². The lowest BCUT2D eigenvalue weighted by atomic mass is 9.77. The van der Waals surface area contributed by atoms with Crippen molar-refractivity contribution in [2.75, 3.05) is 0 Å². The van der Waals surface area contributed by atoms with E-state index >= 15 is 0 Å². The monoisotopic (exact) mass is 240 g/mol. The molecular formula is C14H28N2O. The van der Waals surface area contributed by atoms with Crippen LogP contribution < -0.4 is 11.1 Å². The molecule has 1 fully saturated rings. The van der Waals surface area contributed by atoms with E-state index in [9.17, 15) is 4.79 Å². The second kappa shape index (κ2) is 7.00. The minimum Gasteiger partial charge on any atom is -0.353 e. The second-order valence-corrected chi connectivity index (χ2v) is 5.56. The zero-order chi connectivity index (χ0) is 12.8. The molecule has 1 amide bonds. The first kappa shape index (κ1) is 14.5. The van der Waals surface area contributed by atoms with Crippen molar-refractivity contribution in [2.24, 2.45) is 17.6 Å². The van der Waals surface area contributed by atoms with Crippen molar-refractivity contribution in [1.82, 2.24) is 5.32 Å². The molecule has 0 spiro atoms. The van der Waals surface area contributed by atoms with E-state index in [4.69, 9.17) is 5.73 Å². The van der Waals surface area contributed by atoms with E-state index < -0.39 is 0 Å². The van der Waals surface area contributed by atoms with E-state index in [2.05, 4.69) is 26.1 Å². The zero-order valence-corrected chi connectivity index (χ0v) is 11.5. The van der Waals surface area contributed by atoms with Crippen LogP contribution in [0.3, 0.4) is 0 Å². The Morgan fingerprint density at radius 1 is 1.41 bits per heavy atom. The molecule has 1 aliphatic rings. The summed E-state index contributed by atoms with van der Waals surface area (Å²) < 4.78 is 0. The predicted molar refractivity (Wildman–Crippen MR) is 71.6 cm³/mol. The maximum Gasteiger partial charge on any atom is 0.223 e. The van der Waals surface area contributed by atoms with Gasteiger partial charge in [0, 0.05) is 18.0 Å². The Morgan fingerprint density at radius 3 is 2.65 bits per heavy atom. The van der Waals surface area contributed by atoms with Gasteiger partial charge in [-0.2, -0.15) is 0 Å². The SMILES string of the molecule is CCCC(CC)NC(=O)C1CCC(N)CC1C. The third kappa shape index (κ3) is 4.30. The highest BCUT2D eigenvalue weighted by molar-refractivity contribution is 5.79. The normalized spacial score (nSPS) is 30.9. The Kier molecular flexibility index (Phi) is 5.96. The van der Waals surface area contributed by atoms with Gasteiger partial charge in [-0.15, -0.1) is 0 Å². The fourth-order valence-electron chi connectivity index (χ4n) is 2.86. The number of nitrogens with one attached hydrogen (secondary N) is 1. The molecule has 0 radical (unpaired) electrons. The molecule has 3 nitrogen and oxygen atoms in total. The van der Waals surface area contributed by atoms with Gasteiger partial charge in [0.1, 0.15) is 0 Å². The molecule has 0 saturated heterocycles. The van der Waals surface area contributed by atoms with Crippen molar-refractivity contribution in [3.63, 3.8) is 0 Å². The molecule has 0 aliphatic heterocycles. The Morgan fingerprint density at radius 2 is 2.12 bits per heavy atom. The number of hydrogen-bond acceptors (Lipinski definition) is 2. The fourth-order valence-corrected chi connectivity index (χ4v) is 2.86. The van der Waals surface area contributed by atoms with Crippen LogP contribution in [0.2, 0.25) is 0 Å². The van der Waals surface area contributed by atoms with E-state index in [1.165, 1.54) is 0 Å². The number of rotatable bonds is 5. The van der Waals surface area contributed by atoms with Crippen LogP contribution in [-0.2, 0) is 4.79 Å². The highest BCUT2D eigenvalue weighted by atomic mass is 16.1. The first-order chi connectivity index (χ1) is 8.08. The van der Waals surface area contributed by atoms with Gasteiger partial charge in [-0.25, -0.2) is 0 Å². The van der Waals surface area contributed by atoms with Crippen molar-refractivity contribution in [3.8, 4) is 0 Å². The van der Waals surface area contributed by atoms with Crippen molar-refractivity contribution < 1.29 is 4.79 Å². The van der Waals surface area contributed by atoms with Crippen molar-refractivity contribution in [3.05, 3.63) is 0 Å². The molecule has 1 aliphatic carbocycles. The van der Waals surface area contributed by atoms with Gasteiger partial charge >= 0.3 is 0 Å². The quantitative estimate of drug-likeness (QED) is 0.775. The van der Waals surface area contributed by atoms with Crippen molar-refractivity contribution in [1.29, 1.82) is 0 Å². The van der Waals surface area contributed by atoms with Gasteiger partial charge in [0.2, 0.25) is 5.91 Å². The summed E-state index contributed by atoms with van der Waals surface area (Å²) in [6, 6.07) is 0.655. The maximum atomic E-state index is 12.2. The van der Waals surface area contributed by atoms with Crippen LogP contribution in [0.5, 0.6) is 0 Å². The molecule has 4 atom stereocenters. The largest absolute Gasteiger partial charge is 0.353 e. The summed E-state index contributed by atoms with van der Waals surface area (Å²) in [5, 5.41) is 3.20. The summed E-state index contributed by atoms with van der Waals surface area (Å²) in [5.74, 6) is 0.864. The van der Waals surface area contributed by atoms with E-state index in [0.29, 0.717) is 18.0 Å². The lowest BCUT2D eigenvalue weighted by Gasteiger charge is -2.32. The van der Waals surface area contributed by atoms with Crippen LogP contribution in [0.1, 0.15) is 59.3 Å². The van der Waals surface area contributed by atoms with Crippen molar-refractivity contribution in [2.45, 2.75) is 71.4 Å². The molecular weight excluding hydrogens is 212 g/mol. The summed E-state index contributed by atoms with van der Waals surface area (Å²) in [6.07, 6.45) is 6.18. The Bertz CT molecular complexity index is 242. The molecule has 100 valence electrons. The van der Waals surface area contributed by atoms with Crippen LogP contribution >= 0.6 is 0 Å². The van der Waals surface area contributed by atoms with Crippen LogP contribution in [0.15, 0.2) is 0 Å². The van der Waals surface area contributed by atoms with E-state index in [1.807, 2.05) is 0 Å². The summed E-state index contributed by atoms with van der Waals surface area (Å²) in [4.78, 5) is 12.2. The number of amides is 1. The lowest BCUT2D eigenvalue weighted by molar-refractivity contribution is -0.128. The first-order valence-electron chi connectivity index (χ1n) is 7.14. The standard InChI is InChI=1S/C14H28N2O/c1-4-6-12(5-2)16-14(17)13-8-7-11(15)9-10(13)3/h10-13H,4-9,15H2,1-3H3,(H,16,17). The average Bonchev–Trinajstić information content (AvgIpc) is 2.28. The first-order valence-corrected chi connectivity index (χ1v) is 7.14. The van der Waals surface area contributed by atoms with Gasteiger partial charge in [0.05, 0.1) is 0 Å². The number of carbonyl (C=O) groups is 1. The smallest absolute Gasteiger partial charge is 0.223 e. The van der Waals surface area contributed by atoms with Gasteiger partial charge in [0.25, 0.3) is 0 Å². The molecule has 17 heavy (non-hydrogen) atoms. The maximum absolute atomic E-state index is 12.2. The second-order valence-electron chi connectivity index (χ2n) is 5.56. The Hall–Kier alpha value is -0.570. The van der Waals surface area contributed by atoms with Gasteiger partial charge in [0.15, 0.2) is 0 Å². The number of nitrogens with two attached hydrogens (primary N) is 1. The minimum atomic E-state index is 0.181. The highest BCUT2D eigenvalue weighted by Crippen LogP contribution is 2.29. The molecule has 0 heterocycles. The van der Waals surface area contributed by atoms with E-state index in [1.54, 1.807) is 0 Å². The Labute approximate surface area is 106 Å². The fraction of sp³-hybridized carbons (Fsp3) is 0.929. The number of hydrogen-bond donors (Lipinski definition) is 2. The molecule has 0 bridgehead atoms. The number of carbonyl (C=O) groups excluding carboxylic acids is 1. The summed E-state index contributed by atoms with van der Waals surface area (Å²) in [6.45, 7) is 6.46. The van der Waals surface area contributed by atoms with Crippen LogP contribution in [0.25, 0.3) is 0 Å². The molecule has 0 aromatic heterocycles. The molecule has 0 aromatic carbocycles. The minimum absolute atomic E-state index is 0.181. The zero-order valence-electron chi connectivity index (χ0n) is 11.5. The van der Waals surface area contributed by atoms with E-state index in [-0.39, 0.29) is 11.8 Å². The summed E-state index contributed by atoms with van der Waals surface area (Å²) >= 11 is 0. The summed E-state index contributed by atoms with van der Waals surface area (Å²) in [5.41, 5.74) is 5.93. The highest BCUT2D eigenvalue weighted by Gasteiger charge is 2.31. The predicted octanol–water partition coefficient (Wildman–Crippen LogP) is 2.44. The van der Waals surface area contributed by atoms with Crippen LogP contribution in [-0.4, -0.2) is 18.0 Å². The van der Waals surface area contributed by atoms with E-state index in [0.717, 1.165) is 38.5 Å². The topological polar surface area (TPSA) is 55.1 Å². The van der Waals surface area contributed by atoms with Crippen LogP contribution in [0, 0.1) is 11.8 Å². The molecule has 3 heteroatoms. The van der Waals surface area contributed by atoms with Gasteiger partial charge in [-0.3, -0.25) is 4.79 Å². The van der Waals surface area contributed by atoms with Gasteiger partial charge in [-0.05, 0) is 38.0 Å². The molecule has 1 rings (SSSR count). The summed E-state index contributed by atoms with van der Waals surface area (Å²) in [7, 11) is 0. The van der Waals surface area contributed by atoms with Gasteiger partial charge < -0.3 is 11.1 Å². The third-order valence-electron chi connectivity index (χ3n) is 4.02. The third-order valence-corrected chi connectivity index (χ3v) is 4.02. The molecule has 1 saturated carbocycles. The molecule has 3 N–H and O–H groups in total. The molecule has 4 unspecified atom stereocenters. The van der Waals surface area contributed by atoms with Gasteiger partial charge in [-0.1, -0.05) is 27.2 Å².